The number of nitrogens with zero attached hydrogens (tertiary/aromatic N) is 4. The van der Waals surface area contributed by atoms with E-state index in [0.717, 1.165) is 4.68 Å². The monoisotopic (exact) mass is 411 g/mol. The summed E-state index contributed by atoms with van der Waals surface area (Å²) in [5, 5.41) is 8.09. The summed E-state index contributed by atoms with van der Waals surface area (Å²) in [6.45, 7) is -0.283. The van der Waals surface area contributed by atoms with Crippen molar-refractivity contribution in [1.29, 1.82) is 0 Å². The number of anilines is 1. The minimum Gasteiger partial charge on any atom is -0.465 e. The van der Waals surface area contributed by atoms with Crippen LogP contribution in [-0.4, -0.2) is 38.2 Å². The molecule has 2 heterocycles. The van der Waals surface area contributed by atoms with Crippen molar-refractivity contribution >= 4 is 45.7 Å². The van der Waals surface area contributed by atoms with E-state index in [-0.39, 0.29) is 6.54 Å². The van der Waals surface area contributed by atoms with E-state index >= 15 is 0 Å². The molecule has 0 atom stereocenters. The summed E-state index contributed by atoms with van der Waals surface area (Å²) in [6, 6.07) is 11.3. The van der Waals surface area contributed by atoms with E-state index in [1.807, 2.05) is 0 Å². The minimum atomic E-state index is -0.486. The molecule has 1 amide bonds. The molecule has 146 valence electrons. The normalized spacial score (nSPS) is 11.0. The summed E-state index contributed by atoms with van der Waals surface area (Å²) in [5.41, 5.74) is 1.33. The Balaban J connectivity index is 1.58. The van der Waals surface area contributed by atoms with Gasteiger partial charge in [-0.1, -0.05) is 11.6 Å². The first kappa shape index (κ1) is 18.6. The van der Waals surface area contributed by atoms with Gasteiger partial charge >= 0.3 is 11.7 Å². The molecular formula is C19H14ClN5O4. The first-order chi connectivity index (χ1) is 14.0. The number of halogens is 1. The number of hydrogen-bond donors (Lipinski definition) is 1. The zero-order valence-electron chi connectivity index (χ0n) is 15.1. The van der Waals surface area contributed by atoms with Crippen molar-refractivity contribution in [3.05, 3.63) is 69.9 Å². The average molecular weight is 412 g/mol. The van der Waals surface area contributed by atoms with E-state index in [9.17, 15) is 14.4 Å². The zero-order chi connectivity index (χ0) is 20.5. The molecule has 0 saturated heterocycles. The Labute approximate surface area is 168 Å². The number of carbonyl (C=O) groups excluding carboxylic acids is 2. The molecule has 4 aromatic rings. The Morgan fingerprint density at radius 3 is 2.66 bits per heavy atom. The lowest BCUT2D eigenvalue weighted by Gasteiger charge is -2.05. The number of aromatic nitrogens is 4. The van der Waals surface area contributed by atoms with Crippen molar-refractivity contribution < 1.29 is 14.3 Å². The first-order valence-electron chi connectivity index (χ1n) is 8.48. The lowest BCUT2D eigenvalue weighted by molar-refractivity contribution is -0.117. The maximum atomic E-state index is 12.5. The third kappa shape index (κ3) is 3.55. The second kappa shape index (κ2) is 7.36. The number of nitrogens with one attached hydrogen (secondary N) is 1. The van der Waals surface area contributed by atoms with Gasteiger partial charge in [-0.25, -0.2) is 23.7 Å². The van der Waals surface area contributed by atoms with Crippen LogP contribution in [0.2, 0.25) is 5.02 Å². The van der Waals surface area contributed by atoms with E-state index < -0.39 is 17.6 Å². The van der Waals surface area contributed by atoms with Crippen LogP contribution in [0.25, 0.3) is 16.6 Å². The first-order valence-corrected chi connectivity index (χ1v) is 8.86. The van der Waals surface area contributed by atoms with Gasteiger partial charge in [0, 0.05) is 16.1 Å². The van der Waals surface area contributed by atoms with Crippen LogP contribution in [0.5, 0.6) is 0 Å². The third-order valence-corrected chi connectivity index (χ3v) is 4.50. The molecule has 2 aromatic carbocycles. The SMILES string of the molecule is COC(=O)c1ccc(NC(=O)Cn2nc3c4ccc(Cl)cc4ncn3c2=O)cc1. The van der Waals surface area contributed by atoms with Crippen molar-refractivity contribution in [3.63, 3.8) is 0 Å². The Morgan fingerprint density at radius 2 is 1.93 bits per heavy atom. The summed E-state index contributed by atoms with van der Waals surface area (Å²) in [6.07, 6.45) is 1.35. The topological polar surface area (TPSA) is 108 Å². The van der Waals surface area contributed by atoms with Gasteiger partial charge in [-0.05, 0) is 42.5 Å². The molecule has 10 heteroatoms. The van der Waals surface area contributed by atoms with Crippen molar-refractivity contribution in [3.8, 4) is 0 Å². The maximum absolute atomic E-state index is 12.5. The van der Waals surface area contributed by atoms with Gasteiger partial charge in [0.15, 0.2) is 5.65 Å². The fourth-order valence-corrected chi connectivity index (χ4v) is 3.04. The molecule has 29 heavy (non-hydrogen) atoms. The largest absolute Gasteiger partial charge is 0.465 e. The Morgan fingerprint density at radius 1 is 1.17 bits per heavy atom. The van der Waals surface area contributed by atoms with Gasteiger partial charge in [-0.15, -0.1) is 5.10 Å². The number of rotatable bonds is 4. The molecule has 0 saturated carbocycles. The minimum absolute atomic E-state index is 0.283. The lowest BCUT2D eigenvalue weighted by Crippen LogP contribution is -2.28. The second-order valence-corrected chi connectivity index (χ2v) is 6.59. The third-order valence-electron chi connectivity index (χ3n) is 4.27. The fourth-order valence-electron chi connectivity index (χ4n) is 2.88. The fraction of sp³-hybridized carbons (Fsp3) is 0.105. The number of carbonyl (C=O) groups is 2. The lowest BCUT2D eigenvalue weighted by atomic mass is 10.2. The number of amides is 1. The Bertz CT molecular complexity index is 1310. The van der Waals surface area contributed by atoms with Crippen molar-refractivity contribution in [2.45, 2.75) is 6.54 Å². The number of benzene rings is 2. The van der Waals surface area contributed by atoms with Gasteiger partial charge in [0.2, 0.25) is 5.91 Å². The predicted molar refractivity (Wildman–Crippen MR) is 106 cm³/mol. The highest BCUT2D eigenvalue weighted by Gasteiger charge is 2.14. The van der Waals surface area contributed by atoms with Gasteiger partial charge in [-0.2, -0.15) is 0 Å². The number of ether oxygens (including phenoxy) is 1. The molecule has 0 aliphatic heterocycles. The van der Waals surface area contributed by atoms with Crippen molar-refractivity contribution in [2.24, 2.45) is 0 Å². The summed E-state index contributed by atoms with van der Waals surface area (Å²) < 4.78 is 6.96. The quantitative estimate of drug-likeness (QED) is 0.515. The summed E-state index contributed by atoms with van der Waals surface area (Å²) >= 11 is 5.97. The van der Waals surface area contributed by atoms with E-state index in [4.69, 9.17) is 11.6 Å². The number of methoxy groups -OCH3 is 1. The molecule has 0 aliphatic carbocycles. The van der Waals surface area contributed by atoms with E-state index in [1.165, 1.54) is 30.0 Å². The second-order valence-electron chi connectivity index (χ2n) is 6.16. The molecule has 0 bridgehead atoms. The molecule has 0 unspecified atom stereocenters. The van der Waals surface area contributed by atoms with Crippen LogP contribution in [0, 0.1) is 0 Å². The maximum Gasteiger partial charge on any atom is 0.352 e. The highest BCUT2D eigenvalue weighted by molar-refractivity contribution is 6.31. The molecule has 9 nitrogen and oxygen atoms in total. The van der Waals surface area contributed by atoms with Gasteiger partial charge < -0.3 is 10.1 Å². The average Bonchev–Trinajstić information content (AvgIpc) is 3.03. The number of esters is 1. The zero-order valence-corrected chi connectivity index (χ0v) is 15.9. The van der Waals surface area contributed by atoms with Crippen LogP contribution in [0.4, 0.5) is 5.69 Å². The van der Waals surface area contributed by atoms with Gasteiger partial charge in [0.25, 0.3) is 0 Å². The molecule has 2 aromatic heterocycles. The summed E-state index contributed by atoms with van der Waals surface area (Å²) in [7, 11) is 1.29. The van der Waals surface area contributed by atoms with Crippen LogP contribution >= 0.6 is 11.6 Å². The van der Waals surface area contributed by atoms with Gasteiger partial charge in [0.05, 0.1) is 18.2 Å². The summed E-state index contributed by atoms with van der Waals surface area (Å²) in [4.78, 5) is 40.6. The van der Waals surface area contributed by atoms with Crippen LogP contribution in [0.1, 0.15) is 10.4 Å². The van der Waals surface area contributed by atoms with E-state index in [1.54, 1.807) is 30.3 Å². The standard InChI is InChI=1S/C19H14ClN5O4/c1-29-18(27)11-2-5-13(6-3-11)22-16(26)9-25-19(28)24-10-21-15-8-12(20)4-7-14(15)17(24)23-25/h2-8,10H,9H2,1H3,(H,22,26). The van der Waals surface area contributed by atoms with Gasteiger partial charge in [0.1, 0.15) is 12.9 Å². The molecule has 0 aliphatic rings. The van der Waals surface area contributed by atoms with E-state index in [2.05, 4.69) is 20.1 Å². The highest BCUT2D eigenvalue weighted by atomic mass is 35.5. The molecule has 0 spiro atoms. The molecule has 1 N–H and O–H groups in total. The van der Waals surface area contributed by atoms with Crippen molar-refractivity contribution in [1.82, 2.24) is 19.2 Å². The van der Waals surface area contributed by atoms with Crippen LogP contribution < -0.4 is 11.0 Å². The Kier molecular flexibility index (Phi) is 4.73. The Hall–Kier alpha value is -3.72. The van der Waals surface area contributed by atoms with Crippen LogP contribution in [-0.2, 0) is 16.1 Å². The molecule has 4 rings (SSSR count). The molecule has 0 fully saturated rings. The smallest absolute Gasteiger partial charge is 0.352 e. The van der Waals surface area contributed by atoms with E-state index in [0.29, 0.717) is 32.8 Å². The number of fused-ring (bicyclic) bond motifs is 3. The van der Waals surface area contributed by atoms with Crippen molar-refractivity contribution in [2.75, 3.05) is 12.4 Å². The molecule has 0 radical (unpaired) electrons. The van der Waals surface area contributed by atoms with Crippen LogP contribution in [0.15, 0.2) is 53.6 Å². The van der Waals surface area contributed by atoms with Gasteiger partial charge in [-0.3, -0.25) is 4.79 Å². The predicted octanol–water partition coefficient (Wildman–Crippen LogP) is 2.12. The summed E-state index contributed by atoms with van der Waals surface area (Å²) in [5.74, 6) is -0.914. The molecular weight excluding hydrogens is 398 g/mol. The number of hydrogen-bond acceptors (Lipinski definition) is 6. The highest BCUT2D eigenvalue weighted by Crippen LogP contribution is 2.19. The van der Waals surface area contributed by atoms with Crippen LogP contribution in [0.3, 0.4) is 0 Å².